The highest BCUT2D eigenvalue weighted by atomic mass is 32.1. The van der Waals surface area contributed by atoms with Gasteiger partial charge in [0.2, 0.25) is 0 Å². The van der Waals surface area contributed by atoms with E-state index in [4.69, 9.17) is 34.3 Å². The van der Waals surface area contributed by atoms with Crippen molar-refractivity contribution in [2.75, 3.05) is 21.2 Å². The molecule has 0 saturated carbocycles. The number of carbonyl (C=O) groups is 4. The number of rotatable bonds is 11. The van der Waals surface area contributed by atoms with Crippen molar-refractivity contribution in [1.82, 2.24) is 25.6 Å². The first-order valence-electron chi connectivity index (χ1n) is 20.4. The number of hydroxylamine groups is 1. The molecule has 3 aliphatic rings. The lowest BCUT2D eigenvalue weighted by Crippen LogP contribution is -2.59. The molecule has 2 aromatic rings. The van der Waals surface area contributed by atoms with E-state index in [0.29, 0.717) is 22.1 Å². The van der Waals surface area contributed by atoms with Crippen LogP contribution in [0.4, 0.5) is 0 Å². The first-order valence-corrected chi connectivity index (χ1v) is 21.2. The van der Waals surface area contributed by atoms with E-state index < -0.39 is 95.2 Å². The molecule has 15 atom stereocenters. The zero-order chi connectivity index (χ0) is 43.6. The normalized spacial score (nSPS) is 38.1. The number of nitrogens with one attached hydrogen (secondary N) is 1. The van der Waals surface area contributed by atoms with Crippen LogP contribution in [0.2, 0.25) is 0 Å². The monoisotopic (exact) mass is 846 g/mol. The molecule has 2 unspecified atom stereocenters. The van der Waals surface area contributed by atoms with E-state index in [0.717, 1.165) is 0 Å². The summed E-state index contributed by atoms with van der Waals surface area (Å²) >= 11 is 1.28. The van der Waals surface area contributed by atoms with Crippen LogP contribution in [0, 0.1) is 35.5 Å². The van der Waals surface area contributed by atoms with Gasteiger partial charge in [0.1, 0.15) is 41.2 Å². The van der Waals surface area contributed by atoms with Crippen LogP contribution < -0.4 is 11.2 Å². The fraction of sp³-hybridized carbons (Fsp3) is 0.732. The van der Waals surface area contributed by atoms with Gasteiger partial charge < -0.3 is 39.4 Å². The third-order valence-corrected chi connectivity index (χ3v) is 13.5. The summed E-state index contributed by atoms with van der Waals surface area (Å²) in [4.78, 5) is 68.9. The van der Waals surface area contributed by atoms with Gasteiger partial charge in [0.05, 0.1) is 29.9 Å². The number of cyclic esters (lactones) is 1. The molecule has 0 amide bonds. The average molecular weight is 847 g/mol. The maximum Gasteiger partial charge on any atom is 0.316 e. The second-order valence-corrected chi connectivity index (χ2v) is 18.1. The van der Waals surface area contributed by atoms with Gasteiger partial charge >= 0.3 is 11.9 Å². The summed E-state index contributed by atoms with van der Waals surface area (Å²) in [5.74, 6) is -8.19. The second kappa shape index (κ2) is 19.2. The predicted molar refractivity (Wildman–Crippen MR) is 215 cm³/mol. The number of aliphatic hydroxyl groups excluding tert-OH is 1. The molecule has 0 bridgehead atoms. The molecule has 0 spiro atoms. The molecule has 59 heavy (non-hydrogen) atoms. The van der Waals surface area contributed by atoms with Crippen LogP contribution in [0.5, 0.6) is 0 Å². The lowest BCUT2D eigenvalue weighted by molar-refractivity contribution is -0.295. The summed E-state index contributed by atoms with van der Waals surface area (Å²) in [6.07, 6.45) is -3.36. The van der Waals surface area contributed by atoms with Gasteiger partial charge in [-0.25, -0.2) is 0 Å². The van der Waals surface area contributed by atoms with Crippen molar-refractivity contribution in [2.45, 2.75) is 135 Å². The van der Waals surface area contributed by atoms with E-state index in [1.54, 1.807) is 53.8 Å². The molecule has 18 heteroatoms. The number of nitrogens with two attached hydrogens (primary N) is 1. The third-order valence-electron chi connectivity index (χ3n) is 12.6. The molecule has 5 rings (SSSR count). The molecule has 0 radical (unpaired) electrons. The molecule has 17 nitrogen and oxygen atoms in total. The Morgan fingerprint density at radius 3 is 2.39 bits per heavy atom. The van der Waals surface area contributed by atoms with Crippen molar-refractivity contribution in [3.63, 3.8) is 0 Å². The molecule has 3 aliphatic heterocycles. The Balaban J connectivity index is 1.46. The van der Waals surface area contributed by atoms with Gasteiger partial charge in [-0.05, 0) is 73.2 Å². The smallest absolute Gasteiger partial charge is 0.316 e. The first kappa shape index (κ1) is 46.7. The van der Waals surface area contributed by atoms with Gasteiger partial charge in [-0.15, -0.1) is 10.2 Å². The number of ketones is 2. The Kier molecular flexibility index (Phi) is 15.2. The molecular formula is C41H62N6O11S. The highest BCUT2D eigenvalue weighted by Crippen LogP contribution is 2.48. The Hall–Kier alpha value is -3.33. The number of nitrogens with zero attached hydrogens (tertiary/aromatic N) is 4. The SMILES string of the molecule is CC[C@@H]1OC(=O)[C@H](C)C(=O)[C@H](C)[C@@H](OC2O[C@H](C)C[C@H](N(C)C)[C@H]2O)[C@](C)(OC)C[C@@H](C)C(=O)[C@H](C)[C@H]2[C@H](C(N)NOCc3nnc(-c4ccccn4)s3)C(=O)O[C@]21C. The summed E-state index contributed by atoms with van der Waals surface area (Å²) in [7, 11) is 5.18. The fourth-order valence-electron chi connectivity index (χ4n) is 9.24. The van der Waals surface area contributed by atoms with E-state index in [1.807, 2.05) is 38.1 Å². The van der Waals surface area contributed by atoms with Crippen molar-refractivity contribution < 1.29 is 52.8 Å². The van der Waals surface area contributed by atoms with Crippen molar-refractivity contribution in [3.8, 4) is 10.7 Å². The van der Waals surface area contributed by atoms with Crippen molar-refractivity contribution >= 4 is 34.8 Å². The Morgan fingerprint density at radius 1 is 1.05 bits per heavy atom. The zero-order valence-electron chi connectivity index (χ0n) is 35.9. The van der Waals surface area contributed by atoms with E-state index in [2.05, 4.69) is 20.7 Å². The molecule has 3 saturated heterocycles. The number of pyridine rings is 1. The van der Waals surface area contributed by atoms with Crippen LogP contribution in [0.15, 0.2) is 24.4 Å². The molecule has 5 heterocycles. The van der Waals surface area contributed by atoms with E-state index in [1.165, 1.54) is 25.4 Å². The molecule has 0 aromatic carbocycles. The van der Waals surface area contributed by atoms with Gasteiger partial charge in [0, 0.05) is 43.0 Å². The summed E-state index contributed by atoms with van der Waals surface area (Å²) in [6.45, 7) is 13.6. The summed E-state index contributed by atoms with van der Waals surface area (Å²) in [5, 5.41) is 20.9. The lowest BCUT2D eigenvalue weighted by Gasteiger charge is -2.47. The van der Waals surface area contributed by atoms with Gasteiger partial charge in [0.15, 0.2) is 22.7 Å². The summed E-state index contributed by atoms with van der Waals surface area (Å²) in [6, 6.07) is 5.16. The van der Waals surface area contributed by atoms with E-state index in [-0.39, 0.29) is 37.4 Å². The Morgan fingerprint density at radius 2 is 1.76 bits per heavy atom. The third kappa shape index (κ3) is 9.76. The number of carbonyl (C=O) groups excluding carboxylic acids is 4. The molecule has 2 aromatic heterocycles. The van der Waals surface area contributed by atoms with Gasteiger partial charge in [-0.1, -0.05) is 45.1 Å². The minimum Gasteiger partial charge on any atom is -0.458 e. The quantitative estimate of drug-likeness (QED) is 0.128. The number of methoxy groups -OCH3 is 1. The molecule has 328 valence electrons. The number of Topliss-reactive ketones (excluding diaryl/α,β-unsaturated/α-hetero) is 2. The average Bonchev–Trinajstić information content (AvgIpc) is 3.79. The maximum atomic E-state index is 14.7. The predicted octanol–water partition coefficient (Wildman–Crippen LogP) is 3.08. The van der Waals surface area contributed by atoms with Crippen molar-refractivity contribution in [3.05, 3.63) is 29.4 Å². The highest BCUT2D eigenvalue weighted by molar-refractivity contribution is 7.14. The van der Waals surface area contributed by atoms with Crippen molar-refractivity contribution in [2.24, 2.45) is 41.2 Å². The lowest BCUT2D eigenvalue weighted by atomic mass is 9.66. The topological polar surface area (TPSA) is 224 Å². The van der Waals surface area contributed by atoms with E-state index >= 15 is 0 Å². The molecule has 0 aliphatic carbocycles. The number of fused-ring (bicyclic) bond motifs is 1. The van der Waals surface area contributed by atoms with Crippen LogP contribution in [-0.4, -0.2) is 124 Å². The number of hydrogen-bond acceptors (Lipinski definition) is 18. The second-order valence-electron chi connectivity index (χ2n) is 17.0. The van der Waals surface area contributed by atoms with Crippen LogP contribution in [0.3, 0.4) is 0 Å². The van der Waals surface area contributed by atoms with E-state index in [9.17, 15) is 24.3 Å². The minimum atomic E-state index is -1.53. The fourth-order valence-corrected chi connectivity index (χ4v) is 9.97. The molecular weight excluding hydrogens is 785 g/mol. The number of aliphatic hydroxyl groups is 1. The summed E-state index contributed by atoms with van der Waals surface area (Å²) in [5.41, 5.74) is 7.25. The Labute approximate surface area is 350 Å². The van der Waals surface area contributed by atoms with Gasteiger partial charge in [-0.3, -0.25) is 29.0 Å². The number of esters is 2. The standard InChI is InChI=1S/C41H62N6O11S/c1-12-27-41(8)30(29(38(52)58-41)35(42)46-54-19-28-44-45-36(59-28)25-15-13-14-16-43-25)22(4)31(48)20(2)18-40(7,53-11)34(23(5)32(49)24(6)37(51)56-27)57-39-33(50)26(47(9)10)17-21(3)55-39/h13-16,20-24,26-27,29-30,33-35,39,46,50H,12,17-19,42H2,1-11H3/t20-,21-,22-,23+,24-,26+,27+,29-,30+,33-,34-,35?,39?,40-,41+/m1/s1. The van der Waals surface area contributed by atoms with Gasteiger partial charge in [0.25, 0.3) is 0 Å². The number of likely N-dealkylation sites (N-methyl/N-ethyl adjacent to an activating group) is 1. The van der Waals surface area contributed by atoms with Crippen LogP contribution >= 0.6 is 11.3 Å². The number of ether oxygens (including phenoxy) is 5. The highest BCUT2D eigenvalue weighted by Gasteiger charge is 2.63. The molecule has 4 N–H and O–H groups in total. The number of hydrogen-bond donors (Lipinski definition) is 3. The number of aromatic nitrogens is 3. The van der Waals surface area contributed by atoms with Crippen LogP contribution in [-0.2, 0) is 54.3 Å². The molecule has 3 fully saturated rings. The van der Waals surface area contributed by atoms with Gasteiger partial charge in [-0.2, -0.15) is 5.48 Å². The van der Waals surface area contributed by atoms with Crippen LogP contribution in [0.25, 0.3) is 10.7 Å². The minimum absolute atomic E-state index is 0.0383. The largest absolute Gasteiger partial charge is 0.458 e. The summed E-state index contributed by atoms with van der Waals surface area (Å²) < 4.78 is 31.1. The maximum absolute atomic E-state index is 14.7. The zero-order valence-corrected chi connectivity index (χ0v) is 36.8. The Bertz CT molecular complexity index is 1790. The van der Waals surface area contributed by atoms with Crippen molar-refractivity contribution in [1.29, 1.82) is 0 Å². The first-order chi connectivity index (χ1) is 27.8. The van der Waals surface area contributed by atoms with Crippen LogP contribution in [0.1, 0.15) is 79.7 Å².